The van der Waals surface area contributed by atoms with Gasteiger partial charge in [0.25, 0.3) is 0 Å². The second kappa shape index (κ2) is 8.96. The minimum absolute atomic E-state index is 0.189. The third-order valence-electron chi connectivity index (χ3n) is 4.38. The Morgan fingerprint density at radius 1 is 0.897 bits per heavy atom. The lowest BCUT2D eigenvalue weighted by atomic mass is 10.00. The molecule has 150 valence electrons. The van der Waals surface area contributed by atoms with E-state index in [1.54, 1.807) is 57.5 Å². The van der Waals surface area contributed by atoms with Gasteiger partial charge in [-0.15, -0.1) is 0 Å². The van der Waals surface area contributed by atoms with E-state index in [0.717, 1.165) is 5.56 Å². The summed E-state index contributed by atoms with van der Waals surface area (Å²) in [6.45, 7) is 1.95. The number of halogens is 1. The molecule has 7 heteroatoms. The Kier molecular flexibility index (Phi) is 6.39. The zero-order valence-corrected chi connectivity index (χ0v) is 17.8. The molecule has 1 N–H and O–H groups in total. The maximum Gasteiger partial charge on any atom is 0.355 e. The summed E-state index contributed by atoms with van der Waals surface area (Å²) in [6, 6.07) is 14.0. The highest BCUT2D eigenvalue weighted by molar-refractivity contribution is 9.10. The minimum atomic E-state index is -0.539. The van der Waals surface area contributed by atoms with Crippen LogP contribution in [0, 0.1) is 0 Å². The lowest BCUT2D eigenvalue weighted by Gasteiger charge is -2.07. The number of esters is 1. The lowest BCUT2D eigenvalue weighted by Crippen LogP contribution is -2.07. The number of aromatic nitrogens is 1. The van der Waals surface area contributed by atoms with Gasteiger partial charge in [0.1, 0.15) is 17.2 Å². The second-order valence-electron chi connectivity index (χ2n) is 6.07. The van der Waals surface area contributed by atoms with E-state index in [9.17, 15) is 9.59 Å². The molecule has 0 aliphatic carbocycles. The normalized spacial score (nSPS) is 10.5. The zero-order valence-electron chi connectivity index (χ0n) is 16.2. The number of rotatable bonds is 7. The molecule has 0 radical (unpaired) electrons. The fraction of sp³-hybridized carbons (Fsp3) is 0.182. The van der Waals surface area contributed by atoms with Crippen LogP contribution < -0.4 is 9.47 Å². The number of methoxy groups -OCH3 is 2. The molecule has 3 aromatic rings. The van der Waals surface area contributed by atoms with E-state index in [4.69, 9.17) is 14.2 Å². The van der Waals surface area contributed by atoms with Crippen LogP contribution >= 0.6 is 15.9 Å². The summed E-state index contributed by atoms with van der Waals surface area (Å²) in [5, 5.41) is 0. The first-order valence-electron chi connectivity index (χ1n) is 8.91. The quantitative estimate of drug-likeness (QED) is 0.404. The molecule has 0 bridgehead atoms. The first kappa shape index (κ1) is 20.7. The Balaban J connectivity index is 2.13. The van der Waals surface area contributed by atoms with Crippen molar-refractivity contribution in [2.24, 2.45) is 0 Å². The molecule has 0 aliphatic rings. The van der Waals surface area contributed by atoms with Crippen LogP contribution in [0.2, 0.25) is 0 Å². The molecule has 0 atom stereocenters. The van der Waals surface area contributed by atoms with Crippen molar-refractivity contribution < 1.29 is 23.8 Å². The molecule has 0 saturated heterocycles. The van der Waals surface area contributed by atoms with E-state index in [1.165, 1.54) is 0 Å². The van der Waals surface area contributed by atoms with Gasteiger partial charge in [0.15, 0.2) is 0 Å². The number of carbonyl (C=O) groups is 2. The van der Waals surface area contributed by atoms with Gasteiger partial charge >= 0.3 is 5.97 Å². The largest absolute Gasteiger partial charge is 0.497 e. The number of ether oxygens (including phenoxy) is 3. The van der Waals surface area contributed by atoms with Crippen LogP contribution in [0.15, 0.2) is 53.0 Å². The first-order valence-corrected chi connectivity index (χ1v) is 9.71. The third kappa shape index (κ3) is 4.19. The number of ketones is 1. The molecular formula is C22H20BrNO5. The van der Waals surface area contributed by atoms with E-state index in [1.807, 2.05) is 12.1 Å². The molecule has 0 unspecified atom stereocenters. The van der Waals surface area contributed by atoms with Gasteiger partial charge in [-0.1, -0.05) is 12.1 Å². The molecule has 3 rings (SSSR count). The maximum atomic E-state index is 13.2. The van der Waals surface area contributed by atoms with Crippen LogP contribution in [0.1, 0.15) is 33.5 Å². The summed E-state index contributed by atoms with van der Waals surface area (Å²) in [4.78, 5) is 28.6. The second-order valence-corrected chi connectivity index (χ2v) is 6.86. The van der Waals surface area contributed by atoms with E-state index < -0.39 is 5.97 Å². The summed E-state index contributed by atoms with van der Waals surface area (Å²) in [7, 11) is 3.14. The van der Waals surface area contributed by atoms with Crippen LogP contribution in [0.5, 0.6) is 11.5 Å². The van der Waals surface area contributed by atoms with Crippen molar-refractivity contribution in [2.45, 2.75) is 6.92 Å². The average Bonchev–Trinajstić information content (AvgIpc) is 3.10. The standard InChI is InChI=1S/C22H20BrNO5/c1-4-29-22(26)20-18(23)17(13-5-9-15(27-2)10-6-13)19(24-20)21(25)14-7-11-16(28-3)12-8-14/h5-12,24H,4H2,1-3H3. The molecule has 0 aliphatic heterocycles. The van der Waals surface area contributed by atoms with E-state index in [-0.39, 0.29) is 23.8 Å². The smallest absolute Gasteiger partial charge is 0.355 e. The highest BCUT2D eigenvalue weighted by Crippen LogP contribution is 2.37. The minimum Gasteiger partial charge on any atom is -0.497 e. The van der Waals surface area contributed by atoms with Crippen molar-refractivity contribution in [3.63, 3.8) is 0 Å². The monoisotopic (exact) mass is 457 g/mol. The van der Waals surface area contributed by atoms with Crippen LogP contribution in [0.25, 0.3) is 11.1 Å². The van der Waals surface area contributed by atoms with Crippen molar-refractivity contribution in [1.82, 2.24) is 4.98 Å². The van der Waals surface area contributed by atoms with Gasteiger partial charge in [0.05, 0.1) is 31.0 Å². The predicted molar refractivity (Wildman–Crippen MR) is 113 cm³/mol. The summed E-state index contributed by atoms with van der Waals surface area (Å²) in [6.07, 6.45) is 0. The van der Waals surface area contributed by atoms with E-state index in [0.29, 0.717) is 27.1 Å². The number of nitrogens with one attached hydrogen (secondary N) is 1. The lowest BCUT2D eigenvalue weighted by molar-refractivity contribution is 0.0519. The predicted octanol–water partition coefficient (Wildman–Crippen LogP) is 4.87. The van der Waals surface area contributed by atoms with Gasteiger partial charge in [0.2, 0.25) is 5.78 Å². The van der Waals surface area contributed by atoms with Crippen molar-refractivity contribution in [2.75, 3.05) is 20.8 Å². The van der Waals surface area contributed by atoms with Crippen molar-refractivity contribution >= 4 is 27.7 Å². The Morgan fingerprint density at radius 3 is 1.97 bits per heavy atom. The topological polar surface area (TPSA) is 77.6 Å². The number of H-pyrrole nitrogens is 1. The zero-order chi connectivity index (χ0) is 21.0. The molecule has 0 spiro atoms. The average molecular weight is 458 g/mol. The first-order chi connectivity index (χ1) is 14.0. The van der Waals surface area contributed by atoms with E-state index >= 15 is 0 Å². The summed E-state index contributed by atoms with van der Waals surface area (Å²) in [5.74, 6) is 0.545. The highest BCUT2D eigenvalue weighted by Gasteiger charge is 2.26. The number of aromatic amines is 1. The summed E-state index contributed by atoms with van der Waals surface area (Å²) >= 11 is 3.47. The molecule has 6 nitrogen and oxygen atoms in total. The van der Waals surface area contributed by atoms with Gasteiger partial charge in [-0.2, -0.15) is 0 Å². The molecule has 0 saturated carbocycles. The molecule has 1 heterocycles. The Bertz CT molecular complexity index is 1020. The molecule has 29 heavy (non-hydrogen) atoms. The molecule has 2 aromatic carbocycles. The van der Waals surface area contributed by atoms with Gasteiger partial charge in [0, 0.05) is 11.1 Å². The van der Waals surface area contributed by atoms with Crippen LogP contribution in [-0.2, 0) is 4.74 Å². The van der Waals surface area contributed by atoms with Crippen molar-refractivity contribution in [3.05, 3.63) is 70.0 Å². The van der Waals surface area contributed by atoms with Crippen LogP contribution in [0.4, 0.5) is 0 Å². The third-order valence-corrected chi connectivity index (χ3v) is 5.17. The fourth-order valence-electron chi connectivity index (χ4n) is 2.91. The molecule has 0 fully saturated rings. The van der Waals surface area contributed by atoms with Gasteiger partial charge in [-0.3, -0.25) is 4.79 Å². The van der Waals surface area contributed by atoms with Gasteiger partial charge in [-0.25, -0.2) is 4.79 Å². The number of hydrogen-bond acceptors (Lipinski definition) is 5. The SMILES string of the molecule is CCOC(=O)c1[nH]c(C(=O)c2ccc(OC)cc2)c(-c2ccc(OC)cc2)c1Br. The number of carbonyl (C=O) groups excluding carboxylic acids is 2. The Hall–Kier alpha value is -3.06. The molecular weight excluding hydrogens is 438 g/mol. The Labute approximate surface area is 176 Å². The fourth-order valence-corrected chi connectivity index (χ4v) is 3.59. The summed E-state index contributed by atoms with van der Waals surface area (Å²) < 4.78 is 15.9. The number of benzene rings is 2. The van der Waals surface area contributed by atoms with Gasteiger partial charge < -0.3 is 19.2 Å². The Morgan fingerprint density at radius 2 is 1.45 bits per heavy atom. The maximum absolute atomic E-state index is 13.2. The molecule has 1 aromatic heterocycles. The van der Waals surface area contributed by atoms with Crippen molar-refractivity contribution in [3.8, 4) is 22.6 Å². The highest BCUT2D eigenvalue weighted by atomic mass is 79.9. The van der Waals surface area contributed by atoms with Crippen molar-refractivity contribution in [1.29, 1.82) is 0 Å². The van der Waals surface area contributed by atoms with Gasteiger partial charge in [-0.05, 0) is 64.8 Å². The molecule has 0 amide bonds. The van der Waals surface area contributed by atoms with E-state index in [2.05, 4.69) is 20.9 Å². The van der Waals surface area contributed by atoms with Crippen LogP contribution in [0.3, 0.4) is 0 Å². The number of hydrogen-bond donors (Lipinski definition) is 1. The van der Waals surface area contributed by atoms with Crippen LogP contribution in [-0.4, -0.2) is 37.6 Å². The summed E-state index contributed by atoms with van der Waals surface area (Å²) in [5.41, 5.74) is 2.27.